The van der Waals surface area contributed by atoms with Gasteiger partial charge in [-0.2, -0.15) is 0 Å². The number of hydrogen-bond acceptors (Lipinski definition) is 6. The molecule has 1 atom stereocenters. The molecule has 3 heterocycles. The number of ether oxygens (including phenoxy) is 1. The second kappa shape index (κ2) is 9.67. The summed E-state index contributed by atoms with van der Waals surface area (Å²) in [5, 5.41) is 9.06. The molecule has 1 aromatic heterocycles. The van der Waals surface area contributed by atoms with Crippen molar-refractivity contribution in [3.05, 3.63) is 76.1 Å². The average molecular weight is 495 g/mol. The second-order valence-electron chi connectivity index (χ2n) is 8.94. The molecule has 35 heavy (non-hydrogen) atoms. The Morgan fingerprint density at radius 2 is 1.57 bits per heavy atom. The van der Waals surface area contributed by atoms with Crippen molar-refractivity contribution in [3.8, 4) is 0 Å². The van der Waals surface area contributed by atoms with E-state index in [0.29, 0.717) is 54.7 Å². The van der Waals surface area contributed by atoms with Gasteiger partial charge in [0.2, 0.25) is 0 Å². The molecular formula is C25H27ClN6O3. The highest BCUT2D eigenvalue weighted by Gasteiger charge is 2.32. The van der Waals surface area contributed by atoms with E-state index in [0.717, 1.165) is 11.3 Å². The molecule has 1 saturated heterocycles. The maximum atomic E-state index is 13.2. The predicted molar refractivity (Wildman–Crippen MR) is 132 cm³/mol. The van der Waals surface area contributed by atoms with Crippen LogP contribution < -0.4 is 4.90 Å². The van der Waals surface area contributed by atoms with Crippen molar-refractivity contribution in [2.24, 2.45) is 0 Å². The summed E-state index contributed by atoms with van der Waals surface area (Å²) in [6.07, 6.45) is -0.175. The Morgan fingerprint density at radius 3 is 2.20 bits per heavy atom. The first-order valence-electron chi connectivity index (χ1n) is 11.6. The van der Waals surface area contributed by atoms with E-state index in [1.807, 2.05) is 67.5 Å². The van der Waals surface area contributed by atoms with E-state index in [1.54, 1.807) is 14.5 Å². The van der Waals surface area contributed by atoms with Crippen molar-refractivity contribution in [1.29, 1.82) is 0 Å². The Bertz CT molecular complexity index is 1220. The van der Waals surface area contributed by atoms with Crippen LogP contribution in [0.5, 0.6) is 0 Å². The fourth-order valence-corrected chi connectivity index (χ4v) is 4.53. The first-order valence-corrected chi connectivity index (χ1v) is 11.9. The molecule has 2 amide bonds. The van der Waals surface area contributed by atoms with Gasteiger partial charge in [0.05, 0.1) is 18.8 Å². The number of carbonyl (C=O) groups is 2. The lowest BCUT2D eigenvalue weighted by atomic mass is 10.1. The molecule has 3 aromatic rings. The van der Waals surface area contributed by atoms with Crippen LogP contribution in [0.1, 0.15) is 38.2 Å². The molecule has 9 nitrogen and oxygen atoms in total. The topological polar surface area (TPSA) is 83.8 Å². The summed E-state index contributed by atoms with van der Waals surface area (Å²) in [6.45, 7) is 2.56. The third kappa shape index (κ3) is 4.74. The molecule has 5 rings (SSSR count). The van der Waals surface area contributed by atoms with E-state index in [4.69, 9.17) is 16.3 Å². The van der Waals surface area contributed by atoms with Crippen LogP contribution in [0, 0.1) is 0 Å². The highest BCUT2D eigenvalue weighted by atomic mass is 35.5. The molecule has 2 aliphatic rings. The first kappa shape index (κ1) is 23.3. The minimum Gasteiger partial charge on any atom is -0.378 e. The molecule has 2 aromatic carbocycles. The lowest BCUT2D eigenvalue weighted by molar-refractivity contribution is -0.00202. The monoisotopic (exact) mass is 494 g/mol. The van der Waals surface area contributed by atoms with E-state index >= 15 is 0 Å². The van der Waals surface area contributed by atoms with Crippen molar-refractivity contribution in [3.63, 3.8) is 0 Å². The third-order valence-corrected chi connectivity index (χ3v) is 6.78. The molecule has 0 N–H and O–H groups in total. The summed E-state index contributed by atoms with van der Waals surface area (Å²) in [7, 11) is 3.92. The Hall–Kier alpha value is -3.43. The van der Waals surface area contributed by atoms with Crippen molar-refractivity contribution < 1.29 is 14.3 Å². The molecule has 0 bridgehead atoms. The van der Waals surface area contributed by atoms with Gasteiger partial charge in [0.15, 0.2) is 5.69 Å². The van der Waals surface area contributed by atoms with Crippen molar-refractivity contribution >= 4 is 29.1 Å². The van der Waals surface area contributed by atoms with Crippen molar-refractivity contribution in [2.75, 3.05) is 45.2 Å². The number of piperazine rings is 1. The summed E-state index contributed by atoms with van der Waals surface area (Å²) >= 11 is 5.98. The normalized spacial score (nSPS) is 17.7. The van der Waals surface area contributed by atoms with Crippen LogP contribution in [0.2, 0.25) is 5.02 Å². The summed E-state index contributed by atoms with van der Waals surface area (Å²) in [5.41, 5.74) is 3.69. The van der Waals surface area contributed by atoms with Crippen LogP contribution in [0.3, 0.4) is 0 Å². The van der Waals surface area contributed by atoms with Crippen LogP contribution in [-0.2, 0) is 17.9 Å². The smallest absolute Gasteiger partial charge is 0.276 e. The standard InChI is InChI=1S/C25H27ClN6O3/c1-29(2)20-9-5-18(6-10-20)24(33)30-11-13-31(14-12-30)25(34)23-21-16-35-22(15-32(21)28-27-23)17-3-7-19(26)8-4-17/h3-10,22H,11-16H2,1-2H3. The van der Waals surface area contributed by atoms with Gasteiger partial charge in [-0.25, -0.2) is 4.68 Å². The highest BCUT2D eigenvalue weighted by molar-refractivity contribution is 6.30. The average Bonchev–Trinajstić information content (AvgIpc) is 3.32. The predicted octanol–water partition coefficient (Wildman–Crippen LogP) is 2.87. The van der Waals surface area contributed by atoms with Gasteiger partial charge in [-0.1, -0.05) is 28.9 Å². The molecule has 1 unspecified atom stereocenters. The lowest BCUT2D eigenvalue weighted by Gasteiger charge is -2.34. The van der Waals surface area contributed by atoms with Crippen LogP contribution in [0.25, 0.3) is 0 Å². The van der Waals surface area contributed by atoms with Gasteiger partial charge < -0.3 is 19.4 Å². The summed E-state index contributed by atoms with van der Waals surface area (Å²) in [4.78, 5) is 31.6. The van der Waals surface area contributed by atoms with Gasteiger partial charge in [0.1, 0.15) is 6.10 Å². The van der Waals surface area contributed by atoms with E-state index in [1.165, 1.54) is 0 Å². The number of hydrogen-bond donors (Lipinski definition) is 0. The third-order valence-electron chi connectivity index (χ3n) is 6.53. The van der Waals surface area contributed by atoms with Gasteiger partial charge in [0, 0.05) is 56.5 Å². The summed E-state index contributed by atoms with van der Waals surface area (Å²) in [5.74, 6) is -0.202. The number of amides is 2. The highest BCUT2D eigenvalue weighted by Crippen LogP contribution is 2.28. The minimum absolute atomic E-state index is 0.0231. The Labute approximate surface area is 208 Å². The van der Waals surface area contributed by atoms with Crippen LogP contribution in [0.4, 0.5) is 5.69 Å². The molecule has 0 aliphatic carbocycles. The number of halogens is 1. The molecule has 2 aliphatic heterocycles. The SMILES string of the molecule is CN(C)c1ccc(C(=O)N2CCN(C(=O)c3nnn4c3COC(c3ccc(Cl)cc3)C4)CC2)cc1. The van der Waals surface area contributed by atoms with Gasteiger partial charge in [-0.3, -0.25) is 9.59 Å². The lowest BCUT2D eigenvalue weighted by Crippen LogP contribution is -2.50. The summed E-state index contributed by atoms with van der Waals surface area (Å²) < 4.78 is 7.76. The number of aromatic nitrogens is 3. The molecule has 0 spiro atoms. The van der Waals surface area contributed by atoms with Crippen molar-refractivity contribution in [2.45, 2.75) is 19.3 Å². The van der Waals surface area contributed by atoms with E-state index < -0.39 is 0 Å². The fraction of sp³-hybridized carbons (Fsp3) is 0.360. The minimum atomic E-state index is -0.178. The number of carbonyl (C=O) groups excluding carboxylic acids is 2. The Balaban J connectivity index is 1.20. The largest absolute Gasteiger partial charge is 0.378 e. The number of fused-ring (bicyclic) bond motifs is 1. The number of nitrogens with zero attached hydrogens (tertiary/aromatic N) is 6. The Kier molecular flexibility index (Phi) is 6.44. The summed E-state index contributed by atoms with van der Waals surface area (Å²) in [6, 6.07) is 15.1. The number of benzene rings is 2. The van der Waals surface area contributed by atoms with Crippen LogP contribution in [-0.4, -0.2) is 76.9 Å². The van der Waals surface area contributed by atoms with Gasteiger partial charge in [-0.15, -0.1) is 5.10 Å². The zero-order valence-electron chi connectivity index (χ0n) is 19.7. The van der Waals surface area contributed by atoms with Crippen LogP contribution in [0.15, 0.2) is 48.5 Å². The van der Waals surface area contributed by atoms with Crippen LogP contribution >= 0.6 is 11.6 Å². The first-order chi connectivity index (χ1) is 16.9. The maximum Gasteiger partial charge on any atom is 0.276 e. The molecule has 0 radical (unpaired) electrons. The molecule has 0 saturated carbocycles. The Morgan fingerprint density at radius 1 is 0.943 bits per heavy atom. The zero-order valence-corrected chi connectivity index (χ0v) is 20.5. The number of anilines is 1. The molecular weight excluding hydrogens is 468 g/mol. The molecule has 1 fully saturated rings. The van der Waals surface area contributed by atoms with Gasteiger partial charge in [0.25, 0.3) is 11.8 Å². The van der Waals surface area contributed by atoms with Gasteiger partial charge >= 0.3 is 0 Å². The van der Waals surface area contributed by atoms with E-state index in [9.17, 15) is 9.59 Å². The molecule has 182 valence electrons. The second-order valence-corrected chi connectivity index (χ2v) is 9.38. The zero-order chi connectivity index (χ0) is 24.5. The van der Waals surface area contributed by atoms with E-state index in [-0.39, 0.29) is 24.5 Å². The van der Waals surface area contributed by atoms with Gasteiger partial charge in [-0.05, 0) is 42.0 Å². The van der Waals surface area contributed by atoms with E-state index in [2.05, 4.69) is 10.3 Å². The van der Waals surface area contributed by atoms with Crippen molar-refractivity contribution in [1.82, 2.24) is 24.8 Å². The fourth-order valence-electron chi connectivity index (χ4n) is 4.40. The number of rotatable bonds is 4. The molecule has 10 heteroatoms. The quantitative estimate of drug-likeness (QED) is 0.554. The maximum absolute atomic E-state index is 13.2.